The minimum atomic E-state index is -0.108. The summed E-state index contributed by atoms with van der Waals surface area (Å²) < 4.78 is 5.44. The Bertz CT molecular complexity index is 717. The monoisotopic (exact) mass is 325 g/mol. The fourth-order valence-corrected chi connectivity index (χ4v) is 3.15. The molecule has 2 aromatic carbocycles. The summed E-state index contributed by atoms with van der Waals surface area (Å²) in [6.45, 7) is 2.53. The molecule has 0 aliphatic carbocycles. The highest BCUT2D eigenvalue weighted by atomic mass is 16.5. The molecule has 1 aliphatic heterocycles. The Morgan fingerprint density at radius 3 is 2.79 bits per heavy atom. The van der Waals surface area contributed by atoms with Crippen molar-refractivity contribution in [2.45, 2.75) is 6.42 Å². The lowest BCUT2D eigenvalue weighted by atomic mass is 10.1. The first-order valence-electron chi connectivity index (χ1n) is 8.19. The average Bonchev–Trinajstić information content (AvgIpc) is 3.09. The number of anilines is 2. The molecule has 126 valence electrons. The first-order chi connectivity index (χ1) is 11.7. The molecule has 5 heteroatoms. The van der Waals surface area contributed by atoms with Crippen LogP contribution in [-0.2, 0) is 0 Å². The van der Waals surface area contributed by atoms with Gasteiger partial charge in [0, 0.05) is 25.3 Å². The van der Waals surface area contributed by atoms with Crippen LogP contribution >= 0.6 is 0 Å². The number of carbonyl (C=O) groups excluding carboxylic acids is 1. The van der Waals surface area contributed by atoms with Crippen molar-refractivity contribution in [3.8, 4) is 5.75 Å². The molecule has 1 saturated heterocycles. The molecule has 1 aliphatic rings. The van der Waals surface area contributed by atoms with Crippen molar-refractivity contribution in [1.29, 1.82) is 0 Å². The van der Waals surface area contributed by atoms with E-state index < -0.39 is 0 Å². The van der Waals surface area contributed by atoms with Gasteiger partial charge in [0.2, 0.25) is 0 Å². The van der Waals surface area contributed by atoms with Crippen LogP contribution in [-0.4, -0.2) is 32.7 Å². The number of nitrogen functional groups attached to an aromatic ring is 1. The number of hydrogen-bond donors (Lipinski definition) is 2. The molecule has 3 N–H and O–H groups in total. The van der Waals surface area contributed by atoms with E-state index in [1.54, 1.807) is 19.2 Å². The Labute approximate surface area is 142 Å². The molecule has 1 fully saturated rings. The van der Waals surface area contributed by atoms with Crippen molar-refractivity contribution >= 4 is 17.3 Å². The van der Waals surface area contributed by atoms with E-state index in [0.29, 0.717) is 23.7 Å². The number of amides is 1. The van der Waals surface area contributed by atoms with Crippen LogP contribution in [0.2, 0.25) is 0 Å². The molecular formula is C19H23N3O2. The van der Waals surface area contributed by atoms with Crippen molar-refractivity contribution in [3.05, 3.63) is 54.1 Å². The number of nitrogens with zero attached hydrogens (tertiary/aromatic N) is 1. The summed E-state index contributed by atoms with van der Waals surface area (Å²) in [5.41, 5.74) is 8.01. The molecule has 24 heavy (non-hydrogen) atoms. The predicted octanol–water partition coefficient (Wildman–Crippen LogP) is 2.53. The number of para-hydroxylation sites is 3. The zero-order valence-electron chi connectivity index (χ0n) is 13.9. The average molecular weight is 325 g/mol. The molecule has 1 heterocycles. The van der Waals surface area contributed by atoms with Crippen LogP contribution in [0.3, 0.4) is 0 Å². The van der Waals surface area contributed by atoms with Crippen LogP contribution in [0, 0.1) is 5.92 Å². The largest absolute Gasteiger partial charge is 0.495 e. The Balaban J connectivity index is 1.57. The summed E-state index contributed by atoms with van der Waals surface area (Å²) in [7, 11) is 1.69. The van der Waals surface area contributed by atoms with Crippen LogP contribution in [0.15, 0.2) is 48.5 Å². The van der Waals surface area contributed by atoms with Crippen LogP contribution in [0.4, 0.5) is 11.4 Å². The number of rotatable bonds is 5. The maximum Gasteiger partial charge on any atom is 0.253 e. The number of nitrogens with one attached hydrogen (secondary N) is 1. The van der Waals surface area contributed by atoms with Crippen LogP contribution < -0.4 is 20.7 Å². The minimum absolute atomic E-state index is 0.108. The van der Waals surface area contributed by atoms with Gasteiger partial charge >= 0.3 is 0 Å². The smallest absolute Gasteiger partial charge is 0.253 e. The van der Waals surface area contributed by atoms with Gasteiger partial charge in [-0.3, -0.25) is 4.79 Å². The van der Waals surface area contributed by atoms with Gasteiger partial charge in [0.05, 0.1) is 18.4 Å². The number of hydrogen-bond acceptors (Lipinski definition) is 4. The van der Waals surface area contributed by atoms with Crippen molar-refractivity contribution < 1.29 is 9.53 Å². The molecular weight excluding hydrogens is 302 g/mol. The zero-order chi connectivity index (χ0) is 16.9. The fraction of sp³-hybridized carbons (Fsp3) is 0.316. The van der Waals surface area contributed by atoms with Gasteiger partial charge in [-0.05, 0) is 36.6 Å². The molecule has 0 saturated carbocycles. The minimum Gasteiger partial charge on any atom is -0.495 e. The summed E-state index contributed by atoms with van der Waals surface area (Å²) in [4.78, 5) is 14.6. The van der Waals surface area contributed by atoms with E-state index in [0.717, 1.165) is 30.9 Å². The molecule has 0 spiro atoms. The summed E-state index contributed by atoms with van der Waals surface area (Å²) in [5, 5.41) is 3.01. The third kappa shape index (κ3) is 3.45. The molecule has 1 unspecified atom stereocenters. The maximum atomic E-state index is 12.2. The standard InChI is InChI=1S/C19H23N3O2/c1-24-18-9-5-4-8-17(18)22-11-10-14(13-22)12-21-19(23)15-6-2-3-7-16(15)20/h2-9,14H,10-13,20H2,1H3,(H,21,23). The van der Waals surface area contributed by atoms with Crippen LogP contribution in [0.25, 0.3) is 0 Å². The highest BCUT2D eigenvalue weighted by Crippen LogP contribution is 2.31. The molecule has 1 atom stereocenters. The van der Waals surface area contributed by atoms with E-state index >= 15 is 0 Å². The van der Waals surface area contributed by atoms with Gasteiger partial charge in [-0.15, -0.1) is 0 Å². The van der Waals surface area contributed by atoms with Gasteiger partial charge in [-0.2, -0.15) is 0 Å². The lowest BCUT2D eigenvalue weighted by Crippen LogP contribution is -2.31. The second-order valence-electron chi connectivity index (χ2n) is 6.07. The number of nitrogens with two attached hydrogens (primary N) is 1. The van der Waals surface area contributed by atoms with E-state index in [9.17, 15) is 4.79 Å². The van der Waals surface area contributed by atoms with Gasteiger partial charge in [-0.1, -0.05) is 24.3 Å². The highest BCUT2D eigenvalue weighted by molar-refractivity contribution is 5.99. The van der Waals surface area contributed by atoms with Crippen molar-refractivity contribution in [1.82, 2.24) is 5.32 Å². The van der Waals surface area contributed by atoms with Gasteiger partial charge in [-0.25, -0.2) is 0 Å². The first-order valence-corrected chi connectivity index (χ1v) is 8.19. The predicted molar refractivity (Wildman–Crippen MR) is 96.5 cm³/mol. The third-order valence-corrected chi connectivity index (χ3v) is 4.47. The number of carbonyl (C=O) groups is 1. The van der Waals surface area contributed by atoms with Gasteiger partial charge in [0.15, 0.2) is 0 Å². The van der Waals surface area contributed by atoms with Crippen molar-refractivity contribution in [2.75, 3.05) is 37.4 Å². The van der Waals surface area contributed by atoms with Crippen molar-refractivity contribution in [2.24, 2.45) is 5.92 Å². The van der Waals surface area contributed by atoms with E-state index in [1.165, 1.54) is 0 Å². The summed E-state index contributed by atoms with van der Waals surface area (Å²) in [6, 6.07) is 15.2. The Morgan fingerprint density at radius 2 is 2.00 bits per heavy atom. The molecule has 5 nitrogen and oxygen atoms in total. The second kappa shape index (κ2) is 7.25. The molecule has 1 amide bonds. The van der Waals surface area contributed by atoms with Crippen LogP contribution in [0.5, 0.6) is 5.75 Å². The van der Waals surface area contributed by atoms with E-state index in [-0.39, 0.29) is 5.91 Å². The number of ether oxygens (including phenoxy) is 1. The Kier molecular flexibility index (Phi) is 4.89. The normalized spacial score (nSPS) is 16.9. The highest BCUT2D eigenvalue weighted by Gasteiger charge is 2.25. The van der Waals surface area contributed by atoms with E-state index in [2.05, 4.69) is 16.3 Å². The molecule has 2 aromatic rings. The number of benzene rings is 2. The SMILES string of the molecule is COc1ccccc1N1CCC(CNC(=O)c2ccccc2N)C1. The third-order valence-electron chi connectivity index (χ3n) is 4.47. The van der Waals surface area contributed by atoms with E-state index in [4.69, 9.17) is 10.5 Å². The molecule has 0 radical (unpaired) electrons. The Hall–Kier alpha value is -2.69. The van der Waals surface area contributed by atoms with Crippen molar-refractivity contribution in [3.63, 3.8) is 0 Å². The lowest BCUT2D eigenvalue weighted by molar-refractivity contribution is 0.0949. The second-order valence-corrected chi connectivity index (χ2v) is 6.07. The van der Waals surface area contributed by atoms with Gasteiger partial charge in [0.25, 0.3) is 5.91 Å². The van der Waals surface area contributed by atoms with Gasteiger partial charge in [0.1, 0.15) is 5.75 Å². The lowest BCUT2D eigenvalue weighted by Gasteiger charge is -2.21. The van der Waals surface area contributed by atoms with Gasteiger partial charge < -0.3 is 20.7 Å². The van der Waals surface area contributed by atoms with E-state index in [1.807, 2.05) is 30.3 Å². The molecule has 0 aromatic heterocycles. The fourth-order valence-electron chi connectivity index (χ4n) is 3.15. The maximum absolute atomic E-state index is 12.2. The number of methoxy groups -OCH3 is 1. The topological polar surface area (TPSA) is 67.6 Å². The first kappa shape index (κ1) is 16.2. The summed E-state index contributed by atoms with van der Waals surface area (Å²) in [5.74, 6) is 1.20. The van der Waals surface area contributed by atoms with Crippen LogP contribution in [0.1, 0.15) is 16.8 Å². The summed E-state index contributed by atoms with van der Waals surface area (Å²) in [6.07, 6.45) is 1.04. The quantitative estimate of drug-likeness (QED) is 0.829. The Morgan fingerprint density at radius 1 is 1.25 bits per heavy atom. The molecule has 0 bridgehead atoms. The summed E-state index contributed by atoms with van der Waals surface area (Å²) >= 11 is 0. The zero-order valence-corrected chi connectivity index (χ0v) is 13.9. The molecule has 3 rings (SSSR count).